The zero-order chi connectivity index (χ0) is 11.4. The van der Waals surface area contributed by atoms with Gasteiger partial charge < -0.3 is 5.73 Å². The smallest absolute Gasteiger partial charge is 0.180 e. The molecule has 0 radical (unpaired) electrons. The molecular weight excluding hydrogens is 236 g/mol. The van der Waals surface area contributed by atoms with Crippen LogP contribution in [0.15, 0.2) is 29.6 Å². The van der Waals surface area contributed by atoms with Crippen molar-refractivity contribution < 1.29 is 0 Å². The number of hydrogen-bond acceptors (Lipinski definition) is 4. The van der Waals surface area contributed by atoms with Crippen LogP contribution in [-0.2, 0) is 11.5 Å². The largest absolute Gasteiger partial charge is 0.375 e. The number of hydrogen-bond donors (Lipinski definition) is 1. The van der Waals surface area contributed by atoms with E-state index in [1.165, 1.54) is 22.5 Å². The Morgan fingerprint density at radius 2 is 2.12 bits per heavy atom. The van der Waals surface area contributed by atoms with Gasteiger partial charge in [0.15, 0.2) is 5.13 Å². The first kappa shape index (κ1) is 11.5. The van der Waals surface area contributed by atoms with Crippen molar-refractivity contribution in [2.45, 2.75) is 18.4 Å². The van der Waals surface area contributed by atoms with Gasteiger partial charge in [-0.1, -0.05) is 24.3 Å². The van der Waals surface area contributed by atoms with Crippen LogP contribution in [0.2, 0.25) is 0 Å². The molecule has 84 valence electrons. The minimum absolute atomic E-state index is 0.659. The fraction of sp³-hybridized carbons (Fsp3) is 0.250. The molecule has 0 fully saturated rings. The third-order valence-electron chi connectivity index (χ3n) is 2.34. The van der Waals surface area contributed by atoms with Gasteiger partial charge in [-0.3, -0.25) is 0 Å². The van der Waals surface area contributed by atoms with Gasteiger partial charge in [0.05, 0.1) is 5.69 Å². The van der Waals surface area contributed by atoms with Crippen LogP contribution in [0.1, 0.15) is 16.8 Å². The van der Waals surface area contributed by atoms with Gasteiger partial charge in [0.25, 0.3) is 0 Å². The molecule has 1 heterocycles. The fourth-order valence-electron chi connectivity index (χ4n) is 1.43. The predicted molar refractivity (Wildman–Crippen MR) is 72.7 cm³/mol. The molecule has 2 rings (SSSR count). The van der Waals surface area contributed by atoms with E-state index >= 15 is 0 Å². The van der Waals surface area contributed by atoms with Crippen molar-refractivity contribution in [3.8, 4) is 0 Å². The van der Waals surface area contributed by atoms with Crippen molar-refractivity contribution >= 4 is 28.2 Å². The topological polar surface area (TPSA) is 38.9 Å². The Hall–Kier alpha value is -1.00. The Morgan fingerprint density at radius 1 is 1.31 bits per heavy atom. The molecule has 2 aromatic rings. The zero-order valence-corrected chi connectivity index (χ0v) is 10.8. The molecule has 0 saturated carbocycles. The molecule has 2 N–H and O–H groups in total. The van der Waals surface area contributed by atoms with Crippen LogP contribution in [0.3, 0.4) is 0 Å². The molecule has 0 saturated heterocycles. The van der Waals surface area contributed by atoms with Crippen molar-refractivity contribution in [2.75, 3.05) is 5.73 Å². The number of nitrogens with zero attached hydrogens (tertiary/aromatic N) is 1. The molecule has 0 spiro atoms. The standard InChI is InChI=1S/C12H14N2S2/c1-9-4-2-3-5-10(9)6-15-7-11-8-16-12(13)14-11/h2-5,8H,6-7H2,1H3,(H2,13,14). The Balaban J connectivity index is 1.87. The van der Waals surface area contributed by atoms with Crippen LogP contribution in [0.5, 0.6) is 0 Å². The minimum atomic E-state index is 0.659. The molecule has 0 atom stereocenters. The molecular formula is C12H14N2S2. The quantitative estimate of drug-likeness (QED) is 0.903. The summed E-state index contributed by atoms with van der Waals surface area (Å²) in [5.41, 5.74) is 9.42. The third-order valence-corrected chi connectivity index (χ3v) is 4.08. The first-order valence-electron chi connectivity index (χ1n) is 5.08. The third kappa shape index (κ3) is 3.00. The fourth-order valence-corrected chi connectivity index (χ4v) is 3.10. The van der Waals surface area contributed by atoms with E-state index < -0.39 is 0 Å². The second kappa shape index (κ2) is 5.37. The molecule has 0 aliphatic carbocycles. The van der Waals surface area contributed by atoms with E-state index in [-0.39, 0.29) is 0 Å². The van der Waals surface area contributed by atoms with Crippen LogP contribution < -0.4 is 5.73 Å². The number of rotatable bonds is 4. The number of thioether (sulfide) groups is 1. The molecule has 4 heteroatoms. The van der Waals surface area contributed by atoms with Crippen LogP contribution in [-0.4, -0.2) is 4.98 Å². The molecule has 0 bridgehead atoms. The average molecular weight is 250 g/mol. The summed E-state index contributed by atoms with van der Waals surface area (Å²) in [6, 6.07) is 8.49. The Kier molecular flexibility index (Phi) is 3.85. The van der Waals surface area contributed by atoms with Crippen molar-refractivity contribution in [1.82, 2.24) is 4.98 Å². The minimum Gasteiger partial charge on any atom is -0.375 e. The lowest BCUT2D eigenvalue weighted by Crippen LogP contribution is -1.88. The van der Waals surface area contributed by atoms with E-state index in [9.17, 15) is 0 Å². The molecule has 1 aromatic carbocycles. The van der Waals surface area contributed by atoms with E-state index in [1.54, 1.807) is 0 Å². The highest BCUT2D eigenvalue weighted by Gasteiger charge is 2.01. The van der Waals surface area contributed by atoms with Crippen LogP contribution in [0, 0.1) is 6.92 Å². The highest BCUT2D eigenvalue weighted by atomic mass is 32.2. The second-order valence-electron chi connectivity index (χ2n) is 3.60. The first-order chi connectivity index (χ1) is 7.75. The lowest BCUT2D eigenvalue weighted by molar-refractivity contribution is 1.23. The number of thiazole rings is 1. The molecule has 0 unspecified atom stereocenters. The van der Waals surface area contributed by atoms with E-state index in [2.05, 4.69) is 36.2 Å². The maximum Gasteiger partial charge on any atom is 0.180 e. The molecule has 0 aliphatic heterocycles. The molecule has 0 amide bonds. The summed E-state index contributed by atoms with van der Waals surface area (Å²) in [4.78, 5) is 4.24. The van der Waals surface area contributed by atoms with E-state index in [0.29, 0.717) is 5.13 Å². The molecule has 2 nitrogen and oxygen atoms in total. The second-order valence-corrected chi connectivity index (χ2v) is 5.47. The normalized spacial score (nSPS) is 10.6. The molecule has 16 heavy (non-hydrogen) atoms. The highest BCUT2D eigenvalue weighted by Crippen LogP contribution is 2.21. The number of aromatic nitrogens is 1. The van der Waals surface area contributed by atoms with E-state index in [4.69, 9.17) is 5.73 Å². The van der Waals surface area contributed by atoms with Crippen LogP contribution >= 0.6 is 23.1 Å². The number of nitrogen functional groups attached to an aromatic ring is 1. The van der Waals surface area contributed by atoms with E-state index in [0.717, 1.165) is 17.2 Å². The number of anilines is 1. The monoisotopic (exact) mass is 250 g/mol. The maximum atomic E-state index is 5.58. The van der Waals surface area contributed by atoms with Crippen molar-refractivity contribution in [3.63, 3.8) is 0 Å². The number of benzene rings is 1. The highest BCUT2D eigenvalue weighted by molar-refractivity contribution is 7.97. The summed E-state index contributed by atoms with van der Waals surface area (Å²) in [5, 5.41) is 2.69. The molecule has 0 aliphatic rings. The maximum absolute atomic E-state index is 5.58. The summed E-state index contributed by atoms with van der Waals surface area (Å²) in [5.74, 6) is 1.96. The summed E-state index contributed by atoms with van der Waals surface area (Å²) in [6.07, 6.45) is 0. The first-order valence-corrected chi connectivity index (χ1v) is 7.11. The van der Waals surface area contributed by atoms with Gasteiger partial charge >= 0.3 is 0 Å². The Labute approximate surface area is 104 Å². The average Bonchev–Trinajstić information content (AvgIpc) is 2.67. The summed E-state index contributed by atoms with van der Waals surface area (Å²) in [7, 11) is 0. The van der Waals surface area contributed by atoms with Gasteiger partial charge in [-0.25, -0.2) is 4.98 Å². The van der Waals surface area contributed by atoms with E-state index in [1.807, 2.05) is 17.1 Å². The van der Waals surface area contributed by atoms with Gasteiger partial charge in [0.2, 0.25) is 0 Å². The van der Waals surface area contributed by atoms with Gasteiger partial charge in [-0.15, -0.1) is 11.3 Å². The lowest BCUT2D eigenvalue weighted by atomic mass is 10.1. The number of nitrogens with two attached hydrogens (primary N) is 1. The van der Waals surface area contributed by atoms with Crippen molar-refractivity contribution in [2.24, 2.45) is 0 Å². The summed E-state index contributed by atoms with van der Waals surface area (Å²) < 4.78 is 0. The summed E-state index contributed by atoms with van der Waals surface area (Å²) >= 11 is 3.38. The zero-order valence-electron chi connectivity index (χ0n) is 9.14. The van der Waals surface area contributed by atoms with Gasteiger partial charge in [0, 0.05) is 16.9 Å². The summed E-state index contributed by atoms with van der Waals surface area (Å²) in [6.45, 7) is 2.15. The van der Waals surface area contributed by atoms with Crippen molar-refractivity contribution in [1.29, 1.82) is 0 Å². The Bertz CT molecular complexity index is 466. The van der Waals surface area contributed by atoms with Gasteiger partial charge in [0.1, 0.15) is 0 Å². The Morgan fingerprint density at radius 3 is 2.81 bits per heavy atom. The van der Waals surface area contributed by atoms with Crippen LogP contribution in [0.25, 0.3) is 0 Å². The van der Waals surface area contributed by atoms with Gasteiger partial charge in [-0.05, 0) is 18.1 Å². The lowest BCUT2D eigenvalue weighted by Gasteiger charge is -2.03. The van der Waals surface area contributed by atoms with Crippen LogP contribution in [0.4, 0.5) is 5.13 Å². The predicted octanol–water partition coefficient (Wildman–Crippen LogP) is 3.47. The number of aryl methyl sites for hydroxylation is 1. The SMILES string of the molecule is Cc1ccccc1CSCc1csc(N)n1. The van der Waals surface area contributed by atoms with Gasteiger partial charge in [-0.2, -0.15) is 11.8 Å². The molecule has 1 aromatic heterocycles. The van der Waals surface area contributed by atoms with Crippen molar-refractivity contribution in [3.05, 3.63) is 46.5 Å².